The average molecular weight is 561 g/mol. The highest BCUT2D eigenvalue weighted by Crippen LogP contribution is 2.57. The number of pyridine rings is 1. The molecule has 5 rings (SSSR count). The zero-order valence-electron chi connectivity index (χ0n) is 22.0. The van der Waals surface area contributed by atoms with Crippen LogP contribution in [-0.2, 0) is 0 Å². The van der Waals surface area contributed by atoms with Crippen LogP contribution in [0.4, 0.5) is 14.5 Å². The second-order valence-corrected chi connectivity index (χ2v) is 12.0. The number of hydrogen-bond acceptors (Lipinski definition) is 5. The summed E-state index contributed by atoms with van der Waals surface area (Å²) in [5.41, 5.74) is 4.04. The summed E-state index contributed by atoms with van der Waals surface area (Å²) in [6, 6.07) is 9.59. The van der Waals surface area contributed by atoms with Gasteiger partial charge in [0.25, 0.3) is 5.91 Å². The number of rotatable bonds is 9. The molecule has 2 aliphatic rings. The number of hydrogen-bond donors (Lipinski definition) is 1. The van der Waals surface area contributed by atoms with E-state index in [2.05, 4.69) is 16.3 Å². The van der Waals surface area contributed by atoms with Gasteiger partial charge < -0.3 is 15.1 Å². The fourth-order valence-corrected chi connectivity index (χ4v) is 7.03. The van der Waals surface area contributed by atoms with Crippen molar-refractivity contribution in [2.45, 2.75) is 51.9 Å². The summed E-state index contributed by atoms with van der Waals surface area (Å²) in [5, 5.41) is 6.06. The number of piperidine rings is 1. The molecule has 1 spiro atoms. The summed E-state index contributed by atoms with van der Waals surface area (Å²) in [7, 11) is 0. The van der Waals surface area contributed by atoms with Crippen LogP contribution in [0.3, 0.4) is 0 Å². The average Bonchev–Trinajstić information content (AvgIpc) is 3.36. The summed E-state index contributed by atoms with van der Waals surface area (Å²) < 4.78 is 27.9. The molecule has 5 nitrogen and oxygen atoms in total. The standard InChI is InChI=1S/C29H35ClF2N4OS/c1-3-36(4-2)27(37)21-7-6-20(16-22(21)30)24-17-25(26-23(34-24)8-15-38-26)33-11-5-12-35-13-9-28(10-14-35)18-29(31,32)19-28/h6-8,15-17H,3-5,9-14,18-19H2,1-2H3,(H,33,34). The molecule has 0 radical (unpaired) electrons. The van der Waals surface area contributed by atoms with Gasteiger partial charge in [-0.05, 0) is 87.8 Å². The predicted octanol–water partition coefficient (Wildman–Crippen LogP) is 7.41. The smallest absolute Gasteiger partial charge is 0.255 e. The van der Waals surface area contributed by atoms with Gasteiger partial charge in [-0.15, -0.1) is 11.3 Å². The fourth-order valence-electron chi connectivity index (χ4n) is 5.94. The monoisotopic (exact) mass is 560 g/mol. The minimum absolute atomic E-state index is 0.0651. The minimum atomic E-state index is -2.43. The first kappa shape index (κ1) is 27.3. The lowest BCUT2D eigenvalue weighted by atomic mass is 9.61. The van der Waals surface area contributed by atoms with Gasteiger partial charge in [-0.25, -0.2) is 13.8 Å². The fraction of sp³-hybridized carbons (Fsp3) is 0.517. The lowest BCUT2D eigenvalue weighted by Crippen LogP contribution is -2.52. The normalized spacial score (nSPS) is 18.4. The van der Waals surface area contributed by atoms with E-state index in [1.54, 1.807) is 22.3 Å². The van der Waals surface area contributed by atoms with Gasteiger partial charge in [0.1, 0.15) is 0 Å². The van der Waals surface area contributed by atoms with E-state index in [-0.39, 0.29) is 24.2 Å². The quantitative estimate of drug-likeness (QED) is 0.277. The Morgan fingerprint density at radius 1 is 1.16 bits per heavy atom. The van der Waals surface area contributed by atoms with Gasteiger partial charge in [0, 0.05) is 38.0 Å². The van der Waals surface area contributed by atoms with E-state index in [0.29, 0.717) is 23.7 Å². The van der Waals surface area contributed by atoms with Gasteiger partial charge in [0.15, 0.2) is 0 Å². The molecule has 0 unspecified atom stereocenters. The van der Waals surface area contributed by atoms with Crippen molar-refractivity contribution in [1.82, 2.24) is 14.8 Å². The summed E-state index contributed by atoms with van der Waals surface area (Å²) in [5.74, 6) is -2.50. The molecule has 3 heterocycles. The number of anilines is 1. The number of alkyl halides is 2. The molecule has 0 bridgehead atoms. The third-order valence-electron chi connectivity index (χ3n) is 8.11. The van der Waals surface area contributed by atoms with E-state index in [0.717, 1.165) is 72.6 Å². The highest BCUT2D eigenvalue weighted by molar-refractivity contribution is 7.17. The highest BCUT2D eigenvalue weighted by atomic mass is 35.5. The van der Waals surface area contributed by atoms with Crippen molar-refractivity contribution in [3.63, 3.8) is 0 Å². The number of aromatic nitrogens is 1. The van der Waals surface area contributed by atoms with E-state index in [4.69, 9.17) is 16.6 Å². The molecule has 3 aromatic rings. The molecule has 1 aromatic carbocycles. The molecule has 1 saturated carbocycles. The molecule has 1 saturated heterocycles. The largest absolute Gasteiger partial charge is 0.384 e. The van der Waals surface area contributed by atoms with Crippen LogP contribution >= 0.6 is 22.9 Å². The lowest BCUT2D eigenvalue weighted by molar-refractivity contribution is -0.177. The maximum atomic E-state index is 13.4. The Balaban J connectivity index is 1.22. The number of fused-ring (bicyclic) bond motifs is 1. The Bertz CT molecular complexity index is 1290. The minimum Gasteiger partial charge on any atom is -0.384 e. The second-order valence-electron chi connectivity index (χ2n) is 10.7. The van der Waals surface area contributed by atoms with Crippen molar-refractivity contribution < 1.29 is 13.6 Å². The second kappa shape index (κ2) is 11.1. The number of carbonyl (C=O) groups excluding carboxylic acids is 1. The van der Waals surface area contributed by atoms with Crippen LogP contribution in [0.15, 0.2) is 35.7 Å². The molecule has 2 fully saturated rings. The topological polar surface area (TPSA) is 48.5 Å². The van der Waals surface area contributed by atoms with Gasteiger partial charge in [-0.2, -0.15) is 0 Å². The molecule has 1 amide bonds. The Hall–Kier alpha value is -2.29. The number of halogens is 3. The van der Waals surface area contributed by atoms with Crippen LogP contribution in [0, 0.1) is 5.41 Å². The van der Waals surface area contributed by atoms with Crippen molar-refractivity contribution in [2.24, 2.45) is 5.41 Å². The van der Waals surface area contributed by atoms with Crippen LogP contribution in [0.1, 0.15) is 56.3 Å². The molecular formula is C29H35ClF2N4OS. The molecule has 1 N–H and O–H groups in total. The van der Waals surface area contributed by atoms with E-state index in [1.165, 1.54) is 0 Å². The molecule has 2 aromatic heterocycles. The van der Waals surface area contributed by atoms with Crippen LogP contribution in [0.5, 0.6) is 0 Å². The number of benzene rings is 1. The Morgan fingerprint density at radius 3 is 2.55 bits per heavy atom. The Labute approximate surface area is 232 Å². The molecule has 9 heteroatoms. The van der Waals surface area contributed by atoms with Crippen LogP contribution < -0.4 is 5.32 Å². The van der Waals surface area contributed by atoms with Gasteiger partial charge in [-0.1, -0.05) is 17.7 Å². The predicted molar refractivity (Wildman–Crippen MR) is 153 cm³/mol. The van der Waals surface area contributed by atoms with Gasteiger partial charge in [0.05, 0.1) is 32.2 Å². The van der Waals surface area contributed by atoms with Crippen molar-refractivity contribution >= 4 is 44.7 Å². The number of nitrogens with one attached hydrogen (secondary N) is 1. The zero-order chi connectivity index (χ0) is 26.9. The SMILES string of the molecule is CCN(CC)C(=O)c1ccc(-c2cc(NCCCN3CCC4(CC3)CC(F)(F)C4)c3sccc3n2)cc1Cl. The Kier molecular flexibility index (Phi) is 7.94. The molecule has 38 heavy (non-hydrogen) atoms. The number of thiophene rings is 1. The molecule has 204 valence electrons. The third kappa shape index (κ3) is 5.68. The first-order chi connectivity index (χ1) is 18.2. The van der Waals surface area contributed by atoms with E-state index < -0.39 is 5.92 Å². The number of nitrogens with zero attached hydrogens (tertiary/aromatic N) is 3. The maximum Gasteiger partial charge on any atom is 0.255 e. The summed E-state index contributed by atoms with van der Waals surface area (Å²) in [6.45, 7) is 8.79. The zero-order valence-corrected chi connectivity index (χ0v) is 23.6. The van der Waals surface area contributed by atoms with Gasteiger partial charge >= 0.3 is 0 Å². The first-order valence-corrected chi connectivity index (χ1v) is 14.8. The van der Waals surface area contributed by atoms with Crippen molar-refractivity contribution in [1.29, 1.82) is 0 Å². The molecule has 1 aliphatic carbocycles. The van der Waals surface area contributed by atoms with Gasteiger partial charge in [0.2, 0.25) is 5.92 Å². The van der Waals surface area contributed by atoms with Gasteiger partial charge in [-0.3, -0.25) is 4.79 Å². The summed E-state index contributed by atoms with van der Waals surface area (Å²) >= 11 is 8.22. The molecule has 1 aliphatic heterocycles. The Morgan fingerprint density at radius 2 is 1.89 bits per heavy atom. The number of amides is 1. The van der Waals surface area contributed by atoms with E-state index in [9.17, 15) is 13.6 Å². The third-order valence-corrected chi connectivity index (χ3v) is 9.36. The number of carbonyl (C=O) groups is 1. The van der Waals surface area contributed by atoms with Crippen molar-refractivity contribution in [2.75, 3.05) is 44.6 Å². The molecule has 0 atom stereocenters. The van der Waals surface area contributed by atoms with Crippen LogP contribution in [0.25, 0.3) is 21.5 Å². The molecular weight excluding hydrogens is 526 g/mol. The van der Waals surface area contributed by atoms with E-state index >= 15 is 0 Å². The van der Waals surface area contributed by atoms with Crippen LogP contribution in [0.2, 0.25) is 5.02 Å². The highest BCUT2D eigenvalue weighted by Gasteiger charge is 2.56. The summed E-state index contributed by atoms with van der Waals surface area (Å²) in [6.07, 6.45) is 2.91. The van der Waals surface area contributed by atoms with Crippen molar-refractivity contribution in [3.05, 3.63) is 46.3 Å². The van der Waals surface area contributed by atoms with Crippen LogP contribution in [-0.4, -0.2) is 65.9 Å². The van der Waals surface area contributed by atoms with Crippen molar-refractivity contribution in [3.8, 4) is 11.3 Å². The first-order valence-electron chi connectivity index (χ1n) is 13.5. The lowest BCUT2D eigenvalue weighted by Gasteiger charge is -2.51. The summed E-state index contributed by atoms with van der Waals surface area (Å²) in [4.78, 5) is 21.8. The number of likely N-dealkylation sites (tertiary alicyclic amines) is 1. The van der Waals surface area contributed by atoms with E-state index in [1.807, 2.05) is 37.4 Å². The maximum absolute atomic E-state index is 13.4.